The molecule has 1 fully saturated rings. The second kappa shape index (κ2) is 9.44. The summed E-state index contributed by atoms with van der Waals surface area (Å²) in [6, 6.07) is 11.0. The van der Waals surface area contributed by atoms with Crippen LogP contribution in [0, 0.1) is 0 Å². The van der Waals surface area contributed by atoms with Crippen molar-refractivity contribution in [1.82, 2.24) is 4.90 Å². The van der Waals surface area contributed by atoms with Crippen LogP contribution < -0.4 is 0 Å². The molecule has 0 aliphatic heterocycles. The standard InChI is InChI=1S/C21H35NO/c1-4-17-21(22(5-2)6-3,19-13-9-7-10-14-19)18-23-20-15-11-8-12-16-20/h7,9-10,13-14,20H,4-6,8,11-12,15-18H2,1-3H3. The zero-order chi connectivity index (χ0) is 16.5. The number of hydrogen-bond donors (Lipinski definition) is 0. The van der Waals surface area contributed by atoms with E-state index in [1.807, 2.05) is 0 Å². The first-order chi connectivity index (χ1) is 11.3. The lowest BCUT2D eigenvalue weighted by Gasteiger charge is -2.44. The fourth-order valence-corrected chi connectivity index (χ4v) is 4.21. The maximum absolute atomic E-state index is 6.50. The van der Waals surface area contributed by atoms with Crippen molar-refractivity contribution in [3.05, 3.63) is 35.9 Å². The maximum Gasteiger partial charge on any atom is 0.0696 e. The molecule has 1 atom stereocenters. The van der Waals surface area contributed by atoms with Crippen LogP contribution in [0.2, 0.25) is 0 Å². The molecule has 2 rings (SSSR count). The molecule has 0 bridgehead atoms. The van der Waals surface area contributed by atoms with Crippen molar-refractivity contribution >= 4 is 0 Å². The Morgan fingerprint density at radius 2 is 1.65 bits per heavy atom. The minimum atomic E-state index is 0.0248. The Balaban J connectivity index is 2.23. The predicted molar refractivity (Wildman–Crippen MR) is 98.8 cm³/mol. The summed E-state index contributed by atoms with van der Waals surface area (Å²) in [5.74, 6) is 0. The molecular formula is C21H35NO. The summed E-state index contributed by atoms with van der Waals surface area (Å²) in [7, 11) is 0. The van der Waals surface area contributed by atoms with Crippen molar-refractivity contribution in [2.75, 3.05) is 19.7 Å². The Morgan fingerprint density at radius 3 is 2.22 bits per heavy atom. The minimum Gasteiger partial charge on any atom is -0.376 e. The van der Waals surface area contributed by atoms with E-state index in [2.05, 4.69) is 56.0 Å². The van der Waals surface area contributed by atoms with Gasteiger partial charge in [0.15, 0.2) is 0 Å². The number of benzene rings is 1. The molecule has 1 saturated carbocycles. The molecule has 1 aromatic rings. The van der Waals surface area contributed by atoms with Crippen LogP contribution >= 0.6 is 0 Å². The summed E-state index contributed by atoms with van der Waals surface area (Å²) in [6.45, 7) is 9.81. The normalized spacial score (nSPS) is 19.0. The van der Waals surface area contributed by atoms with E-state index in [0.29, 0.717) is 6.10 Å². The summed E-state index contributed by atoms with van der Waals surface area (Å²) in [4.78, 5) is 2.61. The Labute approximate surface area is 143 Å². The van der Waals surface area contributed by atoms with Crippen LogP contribution in [0.4, 0.5) is 0 Å². The summed E-state index contributed by atoms with van der Waals surface area (Å²) in [5.41, 5.74) is 1.44. The lowest BCUT2D eigenvalue weighted by atomic mass is 9.84. The van der Waals surface area contributed by atoms with Crippen LogP contribution in [0.25, 0.3) is 0 Å². The summed E-state index contributed by atoms with van der Waals surface area (Å²) in [5, 5.41) is 0. The van der Waals surface area contributed by atoms with E-state index in [0.717, 1.165) is 26.1 Å². The zero-order valence-corrected chi connectivity index (χ0v) is 15.4. The Morgan fingerprint density at radius 1 is 1.00 bits per heavy atom. The van der Waals surface area contributed by atoms with Crippen molar-refractivity contribution in [3.8, 4) is 0 Å². The number of likely N-dealkylation sites (N-methyl/N-ethyl adjacent to an activating group) is 1. The molecule has 2 nitrogen and oxygen atoms in total. The third-order valence-corrected chi connectivity index (χ3v) is 5.45. The molecule has 0 radical (unpaired) electrons. The van der Waals surface area contributed by atoms with Crippen molar-refractivity contribution in [3.63, 3.8) is 0 Å². The molecule has 0 N–H and O–H groups in total. The van der Waals surface area contributed by atoms with Gasteiger partial charge in [-0.3, -0.25) is 4.90 Å². The maximum atomic E-state index is 6.50. The van der Waals surface area contributed by atoms with E-state index in [1.54, 1.807) is 0 Å². The Kier molecular flexibility index (Phi) is 7.58. The van der Waals surface area contributed by atoms with Gasteiger partial charge in [-0.15, -0.1) is 0 Å². The van der Waals surface area contributed by atoms with Gasteiger partial charge in [0.25, 0.3) is 0 Å². The highest BCUT2D eigenvalue weighted by Crippen LogP contribution is 2.35. The van der Waals surface area contributed by atoms with Gasteiger partial charge < -0.3 is 4.74 Å². The van der Waals surface area contributed by atoms with Crippen LogP contribution in [0.15, 0.2) is 30.3 Å². The van der Waals surface area contributed by atoms with Crippen LogP contribution in [0.1, 0.15) is 71.3 Å². The highest BCUT2D eigenvalue weighted by Gasteiger charge is 2.37. The quantitative estimate of drug-likeness (QED) is 0.607. The molecular weight excluding hydrogens is 282 g/mol. The first-order valence-electron chi connectivity index (χ1n) is 9.69. The average molecular weight is 318 g/mol. The average Bonchev–Trinajstić information content (AvgIpc) is 2.62. The van der Waals surface area contributed by atoms with Gasteiger partial charge in [0, 0.05) is 0 Å². The first-order valence-corrected chi connectivity index (χ1v) is 9.69. The van der Waals surface area contributed by atoms with Crippen molar-refractivity contribution in [2.45, 2.75) is 77.4 Å². The molecule has 1 aliphatic rings. The van der Waals surface area contributed by atoms with Crippen LogP contribution in [-0.2, 0) is 10.3 Å². The summed E-state index contributed by atoms with van der Waals surface area (Å²) < 4.78 is 6.50. The SMILES string of the molecule is CCCC(COC1CCCCC1)(c1ccccc1)N(CC)CC. The smallest absolute Gasteiger partial charge is 0.0696 e. The van der Waals surface area contributed by atoms with Crippen LogP contribution in [-0.4, -0.2) is 30.7 Å². The third kappa shape index (κ3) is 4.58. The zero-order valence-electron chi connectivity index (χ0n) is 15.4. The Bertz CT molecular complexity index is 423. The predicted octanol–water partition coefficient (Wildman–Crippen LogP) is 5.37. The molecule has 1 unspecified atom stereocenters. The molecule has 23 heavy (non-hydrogen) atoms. The van der Waals surface area contributed by atoms with E-state index in [1.165, 1.54) is 44.1 Å². The number of rotatable bonds is 9. The molecule has 2 heteroatoms. The van der Waals surface area contributed by atoms with Gasteiger partial charge in [-0.1, -0.05) is 76.8 Å². The molecule has 1 aromatic carbocycles. The molecule has 1 aliphatic carbocycles. The van der Waals surface area contributed by atoms with E-state index >= 15 is 0 Å². The number of hydrogen-bond acceptors (Lipinski definition) is 2. The van der Waals surface area contributed by atoms with Gasteiger partial charge in [0.1, 0.15) is 0 Å². The highest BCUT2D eigenvalue weighted by atomic mass is 16.5. The Hall–Kier alpha value is -0.860. The summed E-state index contributed by atoms with van der Waals surface area (Å²) in [6.07, 6.45) is 9.35. The van der Waals surface area contributed by atoms with Gasteiger partial charge in [-0.25, -0.2) is 0 Å². The molecule has 0 amide bonds. The molecule has 130 valence electrons. The monoisotopic (exact) mass is 317 g/mol. The van der Waals surface area contributed by atoms with Crippen LogP contribution in [0.3, 0.4) is 0 Å². The largest absolute Gasteiger partial charge is 0.376 e. The molecule has 0 heterocycles. The topological polar surface area (TPSA) is 12.5 Å². The van der Waals surface area contributed by atoms with Crippen molar-refractivity contribution in [2.24, 2.45) is 0 Å². The molecule has 0 aromatic heterocycles. The fraction of sp³-hybridized carbons (Fsp3) is 0.714. The lowest BCUT2D eigenvalue weighted by Crippen LogP contribution is -2.50. The van der Waals surface area contributed by atoms with E-state index < -0.39 is 0 Å². The van der Waals surface area contributed by atoms with E-state index in [9.17, 15) is 0 Å². The van der Waals surface area contributed by atoms with Gasteiger partial charge >= 0.3 is 0 Å². The molecule has 0 saturated heterocycles. The van der Waals surface area contributed by atoms with Crippen molar-refractivity contribution < 1.29 is 4.74 Å². The second-order valence-corrected chi connectivity index (χ2v) is 6.89. The number of nitrogens with zero attached hydrogens (tertiary/aromatic N) is 1. The fourth-order valence-electron chi connectivity index (χ4n) is 4.21. The van der Waals surface area contributed by atoms with E-state index in [4.69, 9.17) is 4.74 Å². The van der Waals surface area contributed by atoms with Gasteiger partial charge in [-0.05, 0) is 37.9 Å². The van der Waals surface area contributed by atoms with Gasteiger partial charge in [-0.2, -0.15) is 0 Å². The van der Waals surface area contributed by atoms with Gasteiger partial charge in [0.2, 0.25) is 0 Å². The minimum absolute atomic E-state index is 0.0248. The van der Waals surface area contributed by atoms with Crippen molar-refractivity contribution in [1.29, 1.82) is 0 Å². The number of ether oxygens (including phenoxy) is 1. The second-order valence-electron chi connectivity index (χ2n) is 6.89. The highest BCUT2D eigenvalue weighted by molar-refractivity contribution is 5.25. The first kappa shape index (κ1) is 18.5. The third-order valence-electron chi connectivity index (χ3n) is 5.45. The van der Waals surface area contributed by atoms with Crippen LogP contribution in [0.5, 0.6) is 0 Å². The summed E-state index contributed by atoms with van der Waals surface area (Å²) >= 11 is 0. The molecule has 0 spiro atoms. The lowest BCUT2D eigenvalue weighted by molar-refractivity contribution is -0.0575. The van der Waals surface area contributed by atoms with Gasteiger partial charge in [0.05, 0.1) is 18.2 Å². The van der Waals surface area contributed by atoms with E-state index in [-0.39, 0.29) is 5.54 Å².